The molecule has 0 bridgehead atoms. The van der Waals surface area contributed by atoms with E-state index in [1.165, 1.54) is 7.85 Å². The highest BCUT2D eigenvalue weighted by molar-refractivity contribution is 7.68. The van der Waals surface area contributed by atoms with Crippen molar-refractivity contribution in [3.8, 4) is 0 Å². The van der Waals surface area contributed by atoms with E-state index < -0.39 is 54.0 Å². The van der Waals surface area contributed by atoms with Gasteiger partial charge < -0.3 is 34.5 Å². The highest BCUT2D eigenvalue weighted by Gasteiger charge is 2.43. The van der Waals surface area contributed by atoms with E-state index in [2.05, 4.69) is 13.9 Å². The zero-order valence-electron chi connectivity index (χ0n) is 11.0. The number of aliphatic hydroxyl groups excluding tert-OH is 2. The van der Waals surface area contributed by atoms with Gasteiger partial charge in [0.1, 0.15) is 20.2 Å². The van der Waals surface area contributed by atoms with E-state index in [0.29, 0.717) is 0 Å². The molecule has 0 aromatic rings. The summed E-state index contributed by atoms with van der Waals surface area (Å²) >= 11 is 0. The van der Waals surface area contributed by atoms with Gasteiger partial charge in [-0.1, -0.05) is 0 Å². The van der Waals surface area contributed by atoms with Crippen molar-refractivity contribution in [2.75, 3.05) is 6.35 Å². The van der Waals surface area contributed by atoms with Gasteiger partial charge in [0.25, 0.3) is 0 Å². The van der Waals surface area contributed by atoms with Gasteiger partial charge in [0.15, 0.2) is 6.35 Å². The minimum atomic E-state index is -5.52. The molecule has 0 aromatic heterocycles. The zero-order chi connectivity index (χ0) is 17.3. The van der Waals surface area contributed by atoms with Crippen LogP contribution in [0.5, 0.6) is 0 Å². The maximum Gasteiger partial charge on any atom is 0.488 e. The summed E-state index contributed by atoms with van der Waals surface area (Å²) in [5.74, 6) is -0.582. The lowest BCUT2D eigenvalue weighted by Gasteiger charge is -2.20. The molecule has 1 saturated heterocycles. The second kappa shape index (κ2) is 7.08. The molecule has 17 heteroatoms. The predicted molar refractivity (Wildman–Crippen MR) is 71.1 cm³/mol. The Labute approximate surface area is 125 Å². The van der Waals surface area contributed by atoms with Crippen LogP contribution in [0.25, 0.3) is 0 Å². The van der Waals surface area contributed by atoms with Gasteiger partial charge in [-0.05, 0) is 0 Å². The number of rotatable bonds is 7. The highest BCUT2D eigenvalue weighted by Crippen LogP contribution is 2.65. The van der Waals surface area contributed by atoms with Crippen molar-refractivity contribution < 1.29 is 56.8 Å². The van der Waals surface area contributed by atoms with E-state index in [-0.39, 0.29) is 0 Å². The third-order valence-corrected chi connectivity index (χ3v) is 6.45. The Morgan fingerprint density at radius 2 is 1.55 bits per heavy atom. The molecule has 1 aliphatic heterocycles. The van der Waals surface area contributed by atoms with Gasteiger partial charge in [0.05, 0.1) is 6.10 Å². The molecule has 1 aliphatic rings. The molecule has 0 aliphatic carbocycles. The fraction of sp³-hybridized carbons (Fsp3) is 1.00. The zero-order valence-corrected chi connectivity index (χ0v) is 13.7. The standard InChI is InChI=1S/C5H15BNO12P3/c6-4-2(8)3(9)5(7-4)17-1-20(10,11)18-22(15,16)19-21(12,13)14/h2-5,7-9H,1,6H2,(H,10,11)(H,15,16)(H2,12,13,14)/t2-,3+,4-,5-/m1/s1. The molecule has 0 aromatic carbocycles. The minimum Gasteiger partial charge on any atom is -0.389 e. The van der Waals surface area contributed by atoms with Gasteiger partial charge in [-0.15, -0.1) is 0 Å². The third-order valence-electron chi connectivity index (χ3n) is 2.46. The molecular weight excluding hydrogens is 370 g/mol. The molecule has 22 heavy (non-hydrogen) atoms. The van der Waals surface area contributed by atoms with Crippen molar-refractivity contribution in [1.29, 1.82) is 0 Å². The molecule has 1 rings (SSSR count). The lowest BCUT2D eigenvalue weighted by Crippen LogP contribution is -2.36. The van der Waals surface area contributed by atoms with Crippen molar-refractivity contribution in [3.63, 3.8) is 0 Å². The average Bonchev–Trinajstić information content (AvgIpc) is 2.49. The van der Waals surface area contributed by atoms with Crippen molar-refractivity contribution in [2.45, 2.75) is 24.4 Å². The van der Waals surface area contributed by atoms with Crippen LogP contribution < -0.4 is 5.32 Å². The first-order valence-corrected chi connectivity index (χ1v) is 10.4. The Morgan fingerprint density at radius 1 is 1.00 bits per heavy atom. The molecule has 2 unspecified atom stereocenters. The monoisotopic (exact) mass is 385 g/mol. The van der Waals surface area contributed by atoms with Crippen LogP contribution in [0.1, 0.15) is 0 Å². The lowest BCUT2D eigenvalue weighted by atomic mass is 9.92. The van der Waals surface area contributed by atoms with Gasteiger partial charge in [-0.25, -0.2) is 13.4 Å². The molecule has 0 saturated carbocycles. The fourth-order valence-corrected chi connectivity index (χ4v) is 4.88. The molecule has 130 valence electrons. The second-order valence-corrected chi connectivity index (χ2v) is 9.17. The molecule has 0 amide bonds. The van der Waals surface area contributed by atoms with Crippen molar-refractivity contribution in [2.24, 2.45) is 0 Å². The van der Waals surface area contributed by atoms with Crippen LogP contribution in [0, 0.1) is 0 Å². The van der Waals surface area contributed by atoms with E-state index in [1.807, 2.05) is 0 Å². The maximum absolute atomic E-state index is 11.5. The summed E-state index contributed by atoms with van der Waals surface area (Å²) in [6.45, 7) is 0. The first-order valence-electron chi connectivity index (χ1n) is 5.59. The SMILES string of the molecule is B[C@@H]1N[C@H](OCP(=O)(O)OP(=O)(O)OP(=O)(O)O)[C@@H](O)[C@H]1O. The van der Waals surface area contributed by atoms with Crippen LogP contribution in [0.15, 0.2) is 0 Å². The Balaban J connectivity index is 2.60. The Hall–Kier alpha value is 0.355. The predicted octanol–water partition coefficient (Wildman–Crippen LogP) is -3.02. The Morgan fingerprint density at radius 3 is 1.95 bits per heavy atom. The Kier molecular flexibility index (Phi) is 6.56. The lowest BCUT2D eigenvalue weighted by molar-refractivity contribution is -0.0502. The van der Waals surface area contributed by atoms with Gasteiger partial charge in [-0.3, -0.25) is 9.88 Å². The van der Waals surface area contributed by atoms with Crippen molar-refractivity contribution in [1.82, 2.24) is 5.32 Å². The third kappa shape index (κ3) is 6.46. The summed E-state index contributed by atoms with van der Waals surface area (Å²) in [6.07, 6.45) is -5.10. The number of hydrogen-bond acceptors (Lipinski definition) is 9. The van der Waals surface area contributed by atoms with Crippen LogP contribution >= 0.6 is 23.2 Å². The summed E-state index contributed by atoms with van der Waals surface area (Å²) in [7, 11) is -14.4. The van der Waals surface area contributed by atoms with Crippen LogP contribution in [0.2, 0.25) is 0 Å². The molecule has 6 atom stereocenters. The van der Waals surface area contributed by atoms with E-state index in [0.717, 1.165) is 0 Å². The fourth-order valence-electron chi connectivity index (χ4n) is 1.59. The molecular formula is C5H15BNO12P3. The molecule has 0 spiro atoms. The van der Waals surface area contributed by atoms with E-state index in [1.54, 1.807) is 0 Å². The van der Waals surface area contributed by atoms with Gasteiger partial charge in [0, 0.05) is 5.94 Å². The molecule has 7 N–H and O–H groups in total. The number of aliphatic hydroxyl groups is 2. The molecule has 0 radical (unpaired) electrons. The van der Waals surface area contributed by atoms with Gasteiger partial charge in [0.2, 0.25) is 0 Å². The summed E-state index contributed by atoms with van der Waals surface area (Å²) < 4.78 is 44.9. The largest absolute Gasteiger partial charge is 0.488 e. The molecule has 13 nitrogen and oxygen atoms in total. The maximum atomic E-state index is 11.5. The van der Waals surface area contributed by atoms with E-state index >= 15 is 0 Å². The van der Waals surface area contributed by atoms with Crippen LogP contribution in [-0.2, 0) is 27.1 Å². The first kappa shape index (κ1) is 20.4. The van der Waals surface area contributed by atoms with Crippen LogP contribution in [-0.4, -0.2) is 68.4 Å². The highest BCUT2D eigenvalue weighted by atomic mass is 31.3. The topological polar surface area (TPSA) is 212 Å². The van der Waals surface area contributed by atoms with Crippen LogP contribution in [0.4, 0.5) is 0 Å². The van der Waals surface area contributed by atoms with Crippen LogP contribution in [0.3, 0.4) is 0 Å². The minimum absolute atomic E-state index is 0.582. The number of nitrogens with one attached hydrogen (secondary N) is 1. The summed E-state index contributed by atoms with van der Waals surface area (Å²) in [4.78, 5) is 34.9. The number of phosphoric acid groups is 2. The number of hydrogen-bond donors (Lipinski definition) is 7. The van der Waals surface area contributed by atoms with E-state index in [9.17, 15) is 28.8 Å². The smallest absolute Gasteiger partial charge is 0.389 e. The summed E-state index contributed by atoms with van der Waals surface area (Å²) in [5.41, 5.74) is 0. The Bertz CT molecular complexity index is 537. The van der Waals surface area contributed by atoms with Gasteiger partial charge >= 0.3 is 23.2 Å². The number of ether oxygens (including phenoxy) is 1. The van der Waals surface area contributed by atoms with Gasteiger partial charge in [-0.2, -0.15) is 4.31 Å². The summed E-state index contributed by atoms with van der Waals surface area (Å²) in [5, 5.41) is 21.5. The molecule has 1 heterocycles. The van der Waals surface area contributed by atoms with Crippen molar-refractivity contribution >= 4 is 31.1 Å². The average molecular weight is 385 g/mol. The molecule has 1 fully saturated rings. The quantitative estimate of drug-likeness (QED) is 0.172. The first-order chi connectivity index (χ1) is 9.72. The van der Waals surface area contributed by atoms with E-state index in [4.69, 9.17) is 19.4 Å². The second-order valence-electron chi connectivity index (χ2n) is 4.41. The summed E-state index contributed by atoms with van der Waals surface area (Å²) in [6, 6.07) is 0. The normalized spacial score (nSPS) is 35.0. The van der Waals surface area contributed by atoms with Crippen molar-refractivity contribution in [3.05, 3.63) is 0 Å².